The fraction of sp³-hybridized carbons (Fsp3) is 0.350. The molecular formula is C20H21N3O3. The third-order valence-electron chi connectivity index (χ3n) is 5.43. The Bertz CT molecular complexity index is 812. The number of carbonyl (C=O) groups excluding carboxylic acids is 2. The molecule has 2 aliphatic heterocycles. The topological polar surface area (TPSA) is 62.7 Å². The first-order valence-corrected chi connectivity index (χ1v) is 8.79. The van der Waals surface area contributed by atoms with Gasteiger partial charge in [0, 0.05) is 37.6 Å². The Morgan fingerprint density at radius 1 is 1.12 bits per heavy atom. The van der Waals surface area contributed by atoms with Crippen LogP contribution in [-0.4, -0.2) is 48.4 Å². The van der Waals surface area contributed by atoms with Gasteiger partial charge in [0.05, 0.1) is 18.1 Å². The molecule has 2 saturated heterocycles. The predicted molar refractivity (Wildman–Crippen MR) is 97.2 cm³/mol. The van der Waals surface area contributed by atoms with E-state index in [4.69, 9.17) is 4.74 Å². The number of likely N-dealkylation sites (tertiary alicyclic amines) is 1. The quantitative estimate of drug-likeness (QED) is 0.797. The van der Waals surface area contributed by atoms with Crippen molar-refractivity contribution in [2.45, 2.75) is 12.8 Å². The molecule has 0 unspecified atom stereocenters. The predicted octanol–water partition coefficient (Wildman–Crippen LogP) is 2.36. The monoisotopic (exact) mass is 351 g/mol. The lowest BCUT2D eigenvalue weighted by Crippen LogP contribution is -2.65. The molecule has 6 nitrogen and oxygen atoms in total. The van der Waals surface area contributed by atoms with Gasteiger partial charge in [-0.15, -0.1) is 0 Å². The van der Waals surface area contributed by atoms with Gasteiger partial charge in [0.25, 0.3) is 5.91 Å². The molecule has 2 amide bonds. The van der Waals surface area contributed by atoms with E-state index in [9.17, 15) is 9.59 Å². The lowest BCUT2D eigenvalue weighted by atomic mass is 9.70. The summed E-state index contributed by atoms with van der Waals surface area (Å²) in [5, 5.41) is 0. The normalized spacial score (nSPS) is 18.6. The van der Waals surface area contributed by atoms with Gasteiger partial charge in [-0.1, -0.05) is 18.2 Å². The number of para-hydroxylation sites is 1. The van der Waals surface area contributed by atoms with Crippen molar-refractivity contribution in [1.29, 1.82) is 0 Å². The molecule has 2 fully saturated rings. The second kappa shape index (κ2) is 6.44. The Morgan fingerprint density at radius 3 is 2.42 bits per heavy atom. The highest BCUT2D eigenvalue weighted by molar-refractivity contribution is 6.04. The van der Waals surface area contributed by atoms with E-state index in [2.05, 4.69) is 4.98 Å². The number of rotatable bonds is 3. The van der Waals surface area contributed by atoms with Crippen LogP contribution in [0.1, 0.15) is 23.2 Å². The molecule has 26 heavy (non-hydrogen) atoms. The van der Waals surface area contributed by atoms with E-state index in [1.807, 2.05) is 40.1 Å². The summed E-state index contributed by atoms with van der Waals surface area (Å²) >= 11 is 0. The molecule has 134 valence electrons. The van der Waals surface area contributed by atoms with Gasteiger partial charge in [-0.25, -0.2) is 4.98 Å². The largest absolute Gasteiger partial charge is 0.481 e. The van der Waals surface area contributed by atoms with Crippen LogP contribution in [-0.2, 0) is 4.79 Å². The van der Waals surface area contributed by atoms with Crippen molar-refractivity contribution in [1.82, 2.24) is 9.88 Å². The van der Waals surface area contributed by atoms with Crippen LogP contribution >= 0.6 is 0 Å². The maximum absolute atomic E-state index is 12.8. The fourth-order valence-electron chi connectivity index (χ4n) is 3.77. The minimum Gasteiger partial charge on any atom is -0.481 e. The number of aromatic nitrogens is 1. The average Bonchev–Trinajstić information content (AvgIpc) is 2.72. The summed E-state index contributed by atoms with van der Waals surface area (Å²) in [6, 6.07) is 13.2. The lowest BCUT2D eigenvalue weighted by molar-refractivity contribution is -0.138. The van der Waals surface area contributed by atoms with Crippen LogP contribution in [0.3, 0.4) is 0 Å². The molecule has 1 aromatic heterocycles. The zero-order valence-corrected chi connectivity index (χ0v) is 14.7. The number of hydrogen-bond donors (Lipinski definition) is 0. The zero-order valence-electron chi connectivity index (χ0n) is 14.7. The Morgan fingerprint density at radius 2 is 1.85 bits per heavy atom. The molecule has 1 aromatic carbocycles. The van der Waals surface area contributed by atoms with Gasteiger partial charge in [-0.3, -0.25) is 9.59 Å². The summed E-state index contributed by atoms with van der Waals surface area (Å²) in [4.78, 5) is 33.1. The van der Waals surface area contributed by atoms with E-state index in [-0.39, 0.29) is 17.2 Å². The lowest BCUT2D eigenvalue weighted by Gasteiger charge is -2.52. The molecule has 0 aliphatic carbocycles. The molecule has 0 atom stereocenters. The molecule has 0 bridgehead atoms. The fourth-order valence-corrected chi connectivity index (χ4v) is 3.77. The summed E-state index contributed by atoms with van der Waals surface area (Å²) in [6.45, 7) is 1.93. The molecule has 3 heterocycles. The van der Waals surface area contributed by atoms with E-state index in [1.165, 1.54) is 6.20 Å². The van der Waals surface area contributed by atoms with Crippen LogP contribution in [0.15, 0.2) is 48.7 Å². The third kappa shape index (κ3) is 2.71. The average molecular weight is 351 g/mol. The van der Waals surface area contributed by atoms with Crippen molar-refractivity contribution < 1.29 is 14.3 Å². The van der Waals surface area contributed by atoms with Crippen LogP contribution in [0.2, 0.25) is 0 Å². The van der Waals surface area contributed by atoms with E-state index in [0.717, 1.165) is 12.2 Å². The standard InChI is InChI=1S/C20H21N3O3/c1-26-17-8-7-15(13-21-17)18(24)22-11-9-20(10-12-22)14-23(19(20)25)16-5-3-2-4-6-16/h2-8,13H,9-12,14H2,1H3. The highest BCUT2D eigenvalue weighted by Gasteiger charge is 2.53. The minimum absolute atomic E-state index is 0.0401. The van der Waals surface area contributed by atoms with Crippen molar-refractivity contribution in [3.05, 3.63) is 54.2 Å². The first-order valence-electron chi connectivity index (χ1n) is 8.79. The van der Waals surface area contributed by atoms with Crippen LogP contribution in [0.25, 0.3) is 0 Å². The van der Waals surface area contributed by atoms with E-state index >= 15 is 0 Å². The van der Waals surface area contributed by atoms with Crippen LogP contribution in [0.4, 0.5) is 5.69 Å². The summed E-state index contributed by atoms with van der Waals surface area (Å²) in [5.74, 6) is 0.629. The first kappa shape index (κ1) is 16.6. The summed E-state index contributed by atoms with van der Waals surface area (Å²) in [7, 11) is 1.54. The summed E-state index contributed by atoms with van der Waals surface area (Å²) in [5.41, 5.74) is 1.20. The van der Waals surface area contributed by atoms with E-state index < -0.39 is 0 Å². The molecule has 1 spiro atoms. The number of ether oxygens (including phenoxy) is 1. The maximum atomic E-state index is 12.8. The van der Waals surface area contributed by atoms with E-state index in [1.54, 1.807) is 19.2 Å². The number of β-lactam (4-membered cyclic amide) rings is 1. The number of piperidine rings is 1. The smallest absolute Gasteiger partial charge is 0.255 e. The Kier molecular flexibility index (Phi) is 4.11. The number of benzene rings is 1. The minimum atomic E-state index is -0.301. The number of nitrogens with zero attached hydrogens (tertiary/aromatic N) is 3. The number of hydrogen-bond acceptors (Lipinski definition) is 4. The maximum Gasteiger partial charge on any atom is 0.255 e. The van der Waals surface area contributed by atoms with Crippen LogP contribution in [0, 0.1) is 5.41 Å². The van der Waals surface area contributed by atoms with E-state index in [0.29, 0.717) is 37.4 Å². The summed E-state index contributed by atoms with van der Waals surface area (Å²) in [6.07, 6.45) is 2.96. The number of pyridine rings is 1. The first-order chi connectivity index (χ1) is 12.6. The second-order valence-electron chi connectivity index (χ2n) is 6.89. The number of anilines is 1. The third-order valence-corrected chi connectivity index (χ3v) is 5.43. The number of carbonyl (C=O) groups is 2. The van der Waals surface area contributed by atoms with Gasteiger partial charge in [0.15, 0.2) is 0 Å². The van der Waals surface area contributed by atoms with Crippen molar-refractivity contribution in [2.24, 2.45) is 5.41 Å². The zero-order chi connectivity index (χ0) is 18.1. The Hall–Kier alpha value is -2.89. The molecule has 0 radical (unpaired) electrons. The molecule has 0 saturated carbocycles. The number of amides is 2. The van der Waals surface area contributed by atoms with Gasteiger partial charge in [-0.2, -0.15) is 0 Å². The Balaban J connectivity index is 1.38. The SMILES string of the molecule is COc1ccc(C(=O)N2CCC3(CC2)CN(c2ccccc2)C3=O)cn1. The molecule has 4 rings (SSSR count). The van der Waals surface area contributed by atoms with Gasteiger partial charge in [-0.05, 0) is 31.0 Å². The molecule has 6 heteroatoms. The molecular weight excluding hydrogens is 330 g/mol. The van der Waals surface area contributed by atoms with Crippen molar-refractivity contribution in [2.75, 3.05) is 31.6 Å². The number of methoxy groups -OCH3 is 1. The highest BCUT2D eigenvalue weighted by Crippen LogP contribution is 2.44. The van der Waals surface area contributed by atoms with Gasteiger partial charge in [0.1, 0.15) is 0 Å². The second-order valence-corrected chi connectivity index (χ2v) is 6.89. The van der Waals surface area contributed by atoms with Crippen molar-refractivity contribution in [3.8, 4) is 5.88 Å². The Labute approximate surface area is 152 Å². The molecule has 2 aliphatic rings. The molecule has 0 N–H and O–H groups in total. The van der Waals surface area contributed by atoms with Crippen molar-refractivity contribution in [3.63, 3.8) is 0 Å². The summed E-state index contributed by atoms with van der Waals surface area (Å²) < 4.78 is 5.02. The van der Waals surface area contributed by atoms with Gasteiger partial charge in [0.2, 0.25) is 11.8 Å². The van der Waals surface area contributed by atoms with Gasteiger partial charge < -0.3 is 14.5 Å². The molecule has 2 aromatic rings. The van der Waals surface area contributed by atoms with Crippen LogP contribution < -0.4 is 9.64 Å². The van der Waals surface area contributed by atoms with Crippen LogP contribution in [0.5, 0.6) is 5.88 Å². The highest BCUT2D eigenvalue weighted by atomic mass is 16.5. The van der Waals surface area contributed by atoms with Gasteiger partial charge >= 0.3 is 0 Å². The van der Waals surface area contributed by atoms with Crippen molar-refractivity contribution >= 4 is 17.5 Å².